The van der Waals surface area contributed by atoms with Gasteiger partial charge in [0.15, 0.2) is 11.5 Å². The van der Waals surface area contributed by atoms with Gasteiger partial charge in [0.1, 0.15) is 0 Å². The number of hydrogen-bond acceptors (Lipinski definition) is 5. The molecule has 0 saturated carbocycles. The van der Waals surface area contributed by atoms with Gasteiger partial charge in [0, 0.05) is 13.6 Å². The first kappa shape index (κ1) is 14.6. The number of carbonyl (C=O) groups is 2. The molecule has 0 atom stereocenters. The lowest BCUT2D eigenvalue weighted by Gasteiger charge is -2.08. The van der Waals surface area contributed by atoms with Gasteiger partial charge in [0.25, 0.3) is 0 Å². The van der Waals surface area contributed by atoms with Crippen molar-refractivity contribution in [3.63, 3.8) is 0 Å². The zero-order valence-electron chi connectivity index (χ0n) is 10.7. The minimum atomic E-state index is -0.657. The summed E-state index contributed by atoms with van der Waals surface area (Å²) in [6.45, 7) is 0.377. The molecule has 0 aliphatic carbocycles. The number of amides is 2. The minimum absolute atomic E-state index is 0.0732. The van der Waals surface area contributed by atoms with E-state index in [1.807, 2.05) is 0 Å². The van der Waals surface area contributed by atoms with E-state index in [2.05, 4.69) is 15.4 Å². The summed E-state index contributed by atoms with van der Waals surface area (Å²) in [5, 5.41) is 14.5. The SMILES string of the molecule is CNC(=O)Oc1ccc(CCNC(=O)OC)cc1O. The highest BCUT2D eigenvalue weighted by Crippen LogP contribution is 2.26. The topological polar surface area (TPSA) is 96.9 Å². The van der Waals surface area contributed by atoms with E-state index in [1.54, 1.807) is 6.07 Å². The van der Waals surface area contributed by atoms with Crippen molar-refractivity contribution in [1.82, 2.24) is 10.6 Å². The van der Waals surface area contributed by atoms with Crippen LogP contribution in [0.3, 0.4) is 0 Å². The Kier molecular flexibility index (Phi) is 5.46. The van der Waals surface area contributed by atoms with Gasteiger partial charge in [0.05, 0.1) is 7.11 Å². The van der Waals surface area contributed by atoms with Gasteiger partial charge in [-0.2, -0.15) is 0 Å². The monoisotopic (exact) mass is 268 g/mol. The summed E-state index contributed by atoms with van der Waals surface area (Å²) in [7, 11) is 2.71. The molecule has 2 amide bonds. The van der Waals surface area contributed by atoms with Gasteiger partial charge in [-0.15, -0.1) is 0 Å². The lowest BCUT2D eigenvalue weighted by molar-refractivity contribution is 0.171. The molecule has 7 nitrogen and oxygen atoms in total. The molecule has 1 aromatic carbocycles. The van der Waals surface area contributed by atoms with Crippen molar-refractivity contribution < 1.29 is 24.2 Å². The lowest BCUT2D eigenvalue weighted by atomic mass is 10.1. The van der Waals surface area contributed by atoms with Gasteiger partial charge >= 0.3 is 12.2 Å². The number of benzene rings is 1. The third kappa shape index (κ3) is 4.74. The van der Waals surface area contributed by atoms with Crippen molar-refractivity contribution in [3.05, 3.63) is 23.8 Å². The Balaban J connectivity index is 2.56. The zero-order valence-corrected chi connectivity index (χ0v) is 10.7. The number of carbonyl (C=O) groups excluding carboxylic acids is 2. The minimum Gasteiger partial charge on any atom is -0.504 e. The largest absolute Gasteiger partial charge is 0.504 e. The maximum absolute atomic E-state index is 11.0. The van der Waals surface area contributed by atoms with E-state index in [9.17, 15) is 14.7 Å². The Hall–Kier alpha value is -2.44. The molecule has 7 heteroatoms. The van der Waals surface area contributed by atoms with E-state index in [-0.39, 0.29) is 11.5 Å². The first-order chi connectivity index (χ1) is 9.06. The van der Waals surface area contributed by atoms with Gasteiger partial charge in [-0.1, -0.05) is 6.07 Å². The molecule has 104 valence electrons. The molecule has 0 saturated heterocycles. The van der Waals surface area contributed by atoms with Crippen LogP contribution < -0.4 is 15.4 Å². The first-order valence-electron chi connectivity index (χ1n) is 5.60. The standard InChI is InChI=1S/C12H16N2O5/c1-13-11(16)19-10-4-3-8(7-9(10)15)5-6-14-12(17)18-2/h3-4,7,15H,5-6H2,1-2H3,(H,13,16)(H,14,17). The second-order valence-electron chi connectivity index (χ2n) is 3.61. The average molecular weight is 268 g/mol. The van der Waals surface area contributed by atoms with Crippen molar-refractivity contribution in [3.8, 4) is 11.5 Å². The lowest BCUT2D eigenvalue weighted by Crippen LogP contribution is -2.25. The number of alkyl carbamates (subject to hydrolysis) is 1. The van der Waals surface area contributed by atoms with Gasteiger partial charge in [0.2, 0.25) is 0 Å². The summed E-state index contributed by atoms with van der Waals surface area (Å²) in [6.07, 6.45) is -0.651. The van der Waals surface area contributed by atoms with Crippen molar-refractivity contribution in [1.29, 1.82) is 0 Å². The van der Waals surface area contributed by atoms with Crippen LogP contribution in [-0.4, -0.2) is 38.0 Å². The van der Waals surface area contributed by atoms with Crippen LogP contribution in [0.25, 0.3) is 0 Å². The predicted octanol–water partition coefficient (Wildman–Crippen LogP) is 1.01. The molecule has 3 N–H and O–H groups in total. The molecular weight excluding hydrogens is 252 g/mol. The number of aromatic hydroxyl groups is 1. The summed E-state index contributed by atoms with van der Waals surface area (Å²) in [4.78, 5) is 21.8. The highest BCUT2D eigenvalue weighted by molar-refractivity contribution is 5.71. The third-order valence-electron chi connectivity index (χ3n) is 2.30. The number of phenols is 1. The Bertz CT molecular complexity index is 461. The molecule has 0 aliphatic heterocycles. The first-order valence-corrected chi connectivity index (χ1v) is 5.60. The summed E-state index contributed by atoms with van der Waals surface area (Å²) < 4.78 is 9.24. The molecule has 0 aromatic heterocycles. The molecule has 1 aromatic rings. The van der Waals surface area contributed by atoms with Crippen LogP contribution in [-0.2, 0) is 11.2 Å². The number of nitrogens with one attached hydrogen (secondary N) is 2. The van der Waals surface area contributed by atoms with Crippen LogP contribution in [0.1, 0.15) is 5.56 Å². The van der Waals surface area contributed by atoms with Gasteiger partial charge in [-0.3, -0.25) is 0 Å². The zero-order chi connectivity index (χ0) is 14.3. The summed E-state index contributed by atoms with van der Waals surface area (Å²) in [5.41, 5.74) is 0.790. The molecule has 0 radical (unpaired) electrons. The van der Waals surface area contributed by atoms with E-state index >= 15 is 0 Å². The molecular formula is C12H16N2O5. The fourth-order valence-electron chi connectivity index (χ4n) is 1.34. The molecule has 0 fully saturated rings. The van der Waals surface area contributed by atoms with E-state index in [0.717, 1.165) is 5.56 Å². The second kappa shape index (κ2) is 7.10. The van der Waals surface area contributed by atoms with E-state index in [0.29, 0.717) is 13.0 Å². The number of rotatable bonds is 4. The summed E-state index contributed by atoms with van der Waals surface area (Å²) in [5.74, 6) is -0.0665. The molecule has 1 rings (SSSR count). The van der Waals surface area contributed by atoms with E-state index in [1.165, 1.54) is 26.3 Å². The van der Waals surface area contributed by atoms with E-state index < -0.39 is 12.2 Å². The van der Waals surface area contributed by atoms with E-state index in [4.69, 9.17) is 4.74 Å². The van der Waals surface area contributed by atoms with Crippen LogP contribution in [0, 0.1) is 0 Å². The van der Waals surface area contributed by atoms with Crippen LogP contribution >= 0.6 is 0 Å². The van der Waals surface area contributed by atoms with Crippen LogP contribution in [0.2, 0.25) is 0 Å². The third-order valence-corrected chi connectivity index (χ3v) is 2.30. The Labute approximate surface area is 110 Å². The predicted molar refractivity (Wildman–Crippen MR) is 67.3 cm³/mol. The van der Waals surface area contributed by atoms with Crippen molar-refractivity contribution >= 4 is 12.2 Å². The molecule has 0 heterocycles. The maximum Gasteiger partial charge on any atom is 0.412 e. The second-order valence-corrected chi connectivity index (χ2v) is 3.61. The molecule has 0 bridgehead atoms. The van der Waals surface area contributed by atoms with Gasteiger partial charge in [-0.05, 0) is 24.1 Å². The normalized spacial score (nSPS) is 9.58. The Morgan fingerprint density at radius 1 is 1.32 bits per heavy atom. The highest BCUT2D eigenvalue weighted by atomic mass is 16.6. The van der Waals surface area contributed by atoms with Gasteiger partial charge < -0.3 is 25.2 Å². The summed E-state index contributed by atoms with van der Waals surface area (Å²) >= 11 is 0. The molecule has 0 spiro atoms. The van der Waals surface area contributed by atoms with Crippen LogP contribution in [0.5, 0.6) is 11.5 Å². The Morgan fingerprint density at radius 3 is 2.63 bits per heavy atom. The number of ether oxygens (including phenoxy) is 2. The van der Waals surface area contributed by atoms with Crippen LogP contribution in [0.4, 0.5) is 9.59 Å². The number of methoxy groups -OCH3 is 1. The number of hydrogen-bond donors (Lipinski definition) is 3. The molecule has 19 heavy (non-hydrogen) atoms. The fraction of sp³-hybridized carbons (Fsp3) is 0.333. The smallest absolute Gasteiger partial charge is 0.412 e. The van der Waals surface area contributed by atoms with Crippen molar-refractivity contribution in [2.75, 3.05) is 20.7 Å². The quantitative estimate of drug-likeness (QED) is 0.757. The Morgan fingerprint density at radius 2 is 2.05 bits per heavy atom. The van der Waals surface area contributed by atoms with Crippen LogP contribution in [0.15, 0.2) is 18.2 Å². The van der Waals surface area contributed by atoms with Crippen molar-refractivity contribution in [2.45, 2.75) is 6.42 Å². The highest BCUT2D eigenvalue weighted by Gasteiger charge is 2.08. The molecule has 0 unspecified atom stereocenters. The molecule has 0 aliphatic rings. The van der Waals surface area contributed by atoms with Gasteiger partial charge in [-0.25, -0.2) is 9.59 Å². The van der Waals surface area contributed by atoms with Crippen molar-refractivity contribution in [2.24, 2.45) is 0 Å². The fourth-order valence-corrected chi connectivity index (χ4v) is 1.34. The maximum atomic E-state index is 11.0. The average Bonchev–Trinajstić information content (AvgIpc) is 2.41. The summed E-state index contributed by atoms with van der Waals surface area (Å²) in [6, 6.07) is 4.65. The number of phenolic OH excluding ortho intramolecular Hbond substituents is 1.